The maximum atomic E-state index is 12.8. The molecule has 0 aliphatic rings. The molecule has 0 saturated heterocycles. The summed E-state index contributed by atoms with van der Waals surface area (Å²) in [6.07, 6.45) is 2.71. The van der Waals surface area contributed by atoms with E-state index in [2.05, 4.69) is 21.5 Å². The molecule has 6 heteroatoms. The molecule has 2 heterocycles. The highest BCUT2D eigenvalue weighted by molar-refractivity contribution is 6.33. The second-order valence-electron chi connectivity index (χ2n) is 6.31. The van der Waals surface area contributed by atoms with Gasteiger partial charge in [0.2, 0.25) is 0 Å². The number of para-hydroxylation sites is 1. The van der Waals surface area contributed by atoms with Crippen LogP contribution in [0.25, 0.3) is 22.2 Å². The maximum Gasteiger partial charge on any atom is 0.257 e. The predicted octanol–water partition coefficient (Wildman–Crippen LogP) is 4.76. The molecule has 0 unspecified atom stereocenters. The van der Waals surface area contributed by atoms with Crippen LogP contribution in [-0.4, -0.2) is 22.6 Å². The van der Waals surface area contributed by atoms with E-state index in [0.717, 1.165) is 11.9 Å². The van der Waals surface area contributed by atoms with Crippen LogP contribution in [0.1, 0.15) is 21.7 Å². The van der Waals surface area contributed by atoms with E-state index in [1.807, 2.05) is 42.6 Å². The Bertz CT molecular complexity index is 1110. The number of amides is 1. The number of carbonyl (C=O) groups is 1. The molecule has 0 saturated carbocycles. The minimum absolute atomic E-state index is 0.219. The number of H-pyrrole nitrogens is 1. The number of carbonyl (C=O) groups excluding carboxylic acids is 1. The quantitative estimate of drug-likeness (QED) is 0.525. The third-order valence-corrected chi connectivity index (χ3v) is 4.90. The van der Waals surface area contributed by atoms with Gasteiger partial charge < -0.3 is 14.8 Å². The number of benzene rings is 2. The van der Waals surface area contributed by atoms with Gasteiger partial charge in [0.25, 0.3) is 5.91 Å². The van der Waals surface area contributed by atoms with Gasteiger partial charge in [-0.15, -0.1) is 0 Å². The fourth-order valence-electron chi connectivity index (χ4n) is 3.21. The Labute approximate surface area is 161 Å². The lowest BCUT2D eigenvalue weighted by Crippen LogP contribution is -2.26. The van der Waals surface area contributed by atoms with E-state index in [-0.39, 0.29) is 5.91 Å². The molecular weight excluding hydrogens is 362 g/mol. The SMILES string of the molecule is Cc1onc(-c2ccccc2Cl)c1C(=O)NCCc1c[nH]c2ccccc12. The summed E-state index contributed by atoms with van der Waals surface area (Å²) in [6, 6.07) is 15.4. The van der Waals surface area contributed by atoms with Crippen molar-refractivity contribution in [3.8, 4) is 11.3 Å². The standard InChI is InChI=1S/C21H18ClN3O2/c1-13-19(20(25-27-13)16-7-2-4-8-17(16)22)21(26)23-11-10-14-12-24-18-9-5-3-6-15(14)18/h2-9,12,24H,10-11H2,1H3,(H,23,26). The third-order valence-electron chi connectivity index (χ3n) is 4.57. The third kappa shape index (κ3) is 3.34. The van der Waals surface area contributed by atoms with E-state index in [0.29, 0.717) is 34.1 Å². The van der Waals surface area contributed by atoms with Crippen molar-refractivity contribution in [2.24, 2.45) is 0 Å². The van der Waals surface area contributed by atoms with E-state index < -0.39 is 0 Å². The molecule has 27 heavy (non-hydrogen) atoms. The van der Waals surface area contributed by atoms with Crippen LogP contribution >= 0.6 is 11.6 Å². The Morgan fingerprint density at radius 3 is 2.81 bits per heavy atom. The van der Waals surface area contributed by atoms with Gasteiger partial charge in [0.05, 0.1) is 5.02 Å². The number of fused-ring (bicyclic) bond motifs is 1. The van der Waals surface area contributed by atoms with E-state index in [1.54, 1.807) is 13.0 Å². The van der Waals surface area contributed by atoms with E-state index >= 15 is 0 Å². The summed E-state index contributed by atoms with van der Waals surface area (Å²) in [7, 11) is 0. The van der Waals surface area contributed by atoms with Gasteiger partial charge in [-0.25, -0.2) is 0 Å². The first-order chi connectivity index (χ1) is 13.1. The molecule has 0 atom stereocenters. The van der Waals surface area contributed by atoms with Crippen molar-refractivity contribution in [3.05, 3.63) is 76.6 Å². The van der Waals surface area contributed by atoms with Crippen molar-refractivity contribution < 1.29 is 9.32 Å². The molecule has 2 aromatic heterocycles. The monoisotopic (exact) mass is 379 g/mol. The summed E-state index contributed by atoms with van der Waals surface area (Å²) in [5.41, 5.74) is 3.82. The number of hydrogen-bond donors (Lipinski definition) is 2. The van der Waals surface area contributed by atoms with Crippen LogP contribution in [-0.2, 0) is 6.42 Å². The fraction of sp³-hybridized carbons (Fsp3) is 0.143. The predicted molar refractivity (Wildman–Crippen MR) is 106 cm³/mol. The highest BCUT2D eigenvalue weighted by Crippen LogP contribution is 2.30. The zero-order chi connectivity index (χ0) is 18.8. The Kier molecular flexibility index (Phi) is 4.69. The average Bonchev–Trinajstić information content (AvgIpc) is 3.26. The van der Waals surface area contributed by atoms with Crippen molar-refractivity contribution in [3.63, 3.8) is 0 Å². The summed E-state index contributed by atoms with van der Waals surface area (Å²) in [5.74, 6) is 0.248. The first kappa shape index (κ1) is 17.4. The number of rotatable bonds is 5. The number of aryl methyl sites for hydroxylation is 1. The number of aromatic amines is 1. The highest BCUT2D eigenvalue weighted by atomic mass is 35.5. The van der Waals surface area contributed by atoms with E-state index in [4.69, 9.17) is 16.1 Å². The smallest absolute Gasteiger partial charge is 0.257 e. The Morgan fingerprint density at radius 2 is 1.96 bits per heavy atom. The van der Waals surface area contributed by atoms with Gasteiger partial charge in [-0.3, -0.25) is 4.79 Å². The highest BCUT2D eigenvalue weighted by Gasteiger charge is 2.22. The molecule has 0 fully saturated rings. The molecule has 5 nitrogen and oxygen atoms in total. The van der Waals surface area contributed by atoms with Crippen LogP contribution in [0.3, 0.4) is 0 Å². The van der Waals surface area contributed by atoms with Gasteiger partial charge in [0, 0.05) is 29.2 Å². The summed E-state index contributed by atoms with van der Waals surface area (Å²) >= 11 is 6.26. The lowest BCUT2D eigenvalue weighted by molar-refractivity contribution is 0.0953. The maximum absolute atomic E-state index is 12.8. The van der Waals surface area contributed by atoms with E-state index in [1.165, 1.54) is 10.9 Å². The first-order valence-corrected chi connectivity index (χ1v) is 9.07. The molecule has 136 valence electrons. The molecule has 2 N–H and O–H groups in total. The van der Waals surface area contributed by atoms with Crippen LogP contribution in [0.2, 0.25) is 5.02 Å². The molecule has 0 radical (unpaired) electrons. The van der Waals surface area contributed by atoms with Gasteiger partial charge >= 0.3 is 0 Å². The Morgan fingerprint density at radius 1 is 1.19 bits per heavy atom. The minimum atomic E-state index is -0.219. The summed E-state index contributed by atoms with van der Waals surface area (Å²) in [6.45, 7) is 2.23. The summed E-state index contributed by atoms with van der Waals surface area (Å²) < 4.78 is 5.26. The first-order valence-electron chi connectivity index (χ1n) is 8.69. The van der Waals surface area contributed by atoms with Gasteiger partial charge in [0.15, 0.2) is 0 Å². The van der Waals surface area contributed by atoms with Crippen molar-refractivity contribution in [2.45, 2.75) is 13.3 Å². The van der Waals surface area contributed by atoms with Crippen molar-refractivity contribution >= 4 is 28.4 Å². The van der Waals surface area contributed by atoms with Crippen molar-refractivity contribution in [2.75, 3.05) is 6.54 Å². The zero-order valence-electron chi connectivity index (χ0n) is 14.8. The van der Waals surface area contributed by atoms with Gasteiger partial charge in [-0.1, -0.05) is 53.2 Å². The zero-order valence-corrected chi connectivity index (χ0v) is 15.5. The minimum Gasteiger partial charge on any atom is -0.361 e. The topological polar surface area (TPSA) is 70.9 Å². The molecule has 0 aliphatic carbocycles. The van der Waals surface area contributed by atoms with Crippen LogP contribution in [0.4, 0.5) is 0 Å². The summed E-state index contributed by atoms with van der Waals surface area (Å²) in [4.78, 5) is 16.0. The van der Waals surface area contributed by atoms with Gasteiger partial charge in [-0.05, 0) is 31.0 Å². The van der Waals surface area contributed by atoms with Crippen LogP contribution in [0, 0.1) is 6.92 Å². The second-order valence-corrected chi connectivity index (χ2v) is 6.71. The largest absolute Gasteiger partial charge is 0.361 e. The molecule has 4 aromatic rings. The number of hydrogen-bond acceptors (Lipinski definition) is 3. The Balaban J connectivity index is 1.51. The number of aromatic nitrogens is 2. The molecule has 0 spiro atoms. The summed E-state index contributed by atoms with van der Waals surface area (Å²) in [5, 5.41) is 8.70. The molecule has 0 aliphatic heterocycles. The number of halogens is 1. The van der Waals surface area contributed by atoms with E-state index in [9.17, 15) is 4.79 Å². The van der Waals surface area contributed by atoms with Crippen molar-refractivity contribution in [1.82, 2.24) is 15.5 Å². The second kappa shape index (κ2) is 7.29. The van der Waals surface area contributed by atoms with Crippen LogP contribution in [0.5, 0.6) is 0 Å². The lowest BCUT2D eigenvalue weighted by atomic mass is 10.1. The van der Waals surface area contributed by atoms with Crippen LogP contribution in [0.15, 0.2) is 59.3 Å². The molecule has 1 amide bonds. The molecule has 2 aromatic carbocycles. The van der Waals surface area contributed by atoms with Gasteiger partial charge in [0.1, 0.15) is 17.0 Å². The van der Waals surface area contributed by atoms with Gasteiger partial charge in [-0.2, -0.15) is 0 Å². The molecule has 0 bridgehead atoms. The van der Waals surface area contributed by atoms with Crippen molar-refractivity contribution in [1.29, 1.82) is 0 Å². The Hall–Kier alpha value is -3.05. The average molecular weight is 380 g/mol. The fourth-order valence-corrected chi connectivity index (χ4v) is 3.44. The normalized spacial score (nSPS) is 11.0. The number of nitrogens with zero attached hydrogens (tertiary/aromatic N) is 1. The van der Waals surface area contributed by atoms with Crippen LogP contribution < -0.4 is 5.32 Å². The lowest BCUT2D eigenvalue weighted by Gasteiger charge is -2.06. The molecular formula is C21H18ClN3O2. The molecule has 4 rings (SSSR count). The number of nitrogens with one attached hydrogen (secondary N) is 2.